The number of likely N-dealkylation sites (tertiary alicyclic amines) is 1. The van der Waals surface area contributed by atoms with E-state index in [1.807, 2.05) is 0 Å². The van der Waals surface area contributed by atoms with Gasteiger partial charge in [-0.1, -0.05) is 6.07 Å². The monoisotopic (exact) mass is 474 g/mol. The molecule has 0 bridgehead atoms. The molecule has 0 spiro atoms. The van der Waals surface area contributed by atoms with Gasteiger partial charge in [0.1, 0.15) is 17.3 Å². The molecule has 0 radical (unpaired) electrons. The number of fused-ring (bicyclic) bond motifs is 1. The van der Waals surface area contributed by atoms with Crippen LogP contribution in [-0.2, 0) is 10.2 Å². The van der Waals surface area contributed by atoms with Crippen LogP contribution in [0.2, 0.25) is 0 Å². The minimum atomic E-state index is -0.681. The maximum atomic E-state index is 15.1. The Morgan fingerprint density at radius 2 is 2.03 bits per heavy atom. The second kappa shape index (κ2) is 8.46. The standard InChI is InChI=1S/C24H23FN8O2/c25-21-7-16(33-10-17(35-23(33)34)9-32(29)6-5-26)2-3-18(21)15-1-4-22(30-8-15)24(13-27)19-11-31(14-28)12-20(19)24/h1-8,17,19-20H,9-12,26,29H2/b6-5-/t17-,19-,20+,24?/m0/s1. The number of ether oxygens (including phenoxy) is 1. The summed E-state index contributed by atoms with van der Waals surface area (Å²) in [6.45, 7) is 1.58. The molecule has 3 heterocycles. The van der Waals surface area contributed by atoms with E-state index in [2.05, 4.69) is 17.2 Å². The van der Waals surface area contributed by atoms with E-state index in [1.165, 1.54) is 28.4 Å². The number of carbonyl (C=O) groups excluding carboxylic acids is 1. The van der Waals surface area contributed by atoms with Crippen LogP contribution < -0.4 is 16.5 Å². The maximum absolute atomic E-state index is 15.1. The molecule has 4 N–H and O–H groups in total. The average Bonchev–Trinajstić information content (AvgIpc) is 3.12. The maximum Gasteiger partial charge on any atom is 0.414 e. The predicted octanol–water partition coefficient (Wildman–Crippen LogP) is 1.62. The van der Waals surface area contributed by atoms with Crippen molar-refractivity contribution in [1.82, 2.24) is 14.9 Å². The molecule has 2 aromatic rings. The Morgan fingerprint density at radius 1 is 1.26 bits per heavy atom. The number of amides is 1. The van der Waals surface area contributed by atoms with Gasteiger partial charge in [-0.15, -0.1) is 0 Å². The highest BCUT2D eigenvalue weighted by molar-refractivity contribution is 5.90. The zero-order valence-corrected chi connectivity index (χ0v) is 18.7. The second-order valence-electron chi connectivity index (χ2n) is 8.95. The first-order valence-corrected chi connectivity index (χ1v) is 11.1. The number of nitrogens with zero attached hydrogens (tertiary/aromatic N) is 6. The van der Waals surface area contributed by atoms with Crippen molar-refractivity contribution < 1.29 is 13.9 Å². The summed E-state index contributed by atoms with van der Waals surface area (Å²) in [7, 11) is 0. The molecule has 1 aromatic carbocycles. The first-order chi connectivity index (χ1) is 16.9. The third-order valence-corrected chi connectivity index (χ3v) is 7.04. The average molecular weight is 475 g/mol. The molecule has 3 aliphatic rings. The minimum absolute atomic E-state index is 0.0863. The summed E-state index contributed by atoms with van der Waals surface area (Å²) in [6.07, 6.45) is 5.36. The Morgan fingerprint density at radius 3 is 2.63 bits per heavy atom. The number of nitrogens with two attached hydrogens (primary N) is 2. The Labute approximate surface area is 201 Å². The molecule has 3 fully saturated rings. The lowest BCUT2D eigenvalue weighted by molar-refractivity contribution is 0.122. The molecular formula is C24H23FN8O2. The number of halogens is 1. The van der Waals surface area contributed by atoms with Crippen LogP contribution >= 0.6 is 0 Å². The van der Waals surface area contributed by atoms with Crippen LogP contribution in [0.25, 0.3) is 11.1 Å². The van der Waals surface area contributed by atoms with Crippen LogP contribution in [0.5, 0.6) is 0 Å². The van der Waals surface area contributed by atoms with E-state index in [-0.39, 0.29) is 24.9 Å². The van der Waals surface area contributed by atoms with Gasteiger partial charge in [-0.2, -0.15) is 10.5 Å². The number of nitriles is 2. The highest BCUT2D eigenvalue weighted by atomic mass is 19.1. The van der Waals surface area contributed by atoms with Crippen molar-refractivity contribution in [2.24, 2.45) is 23.4 Å². The highest BCUT2D eigenvalue weighted by Gasteiger charge is 2.71. The quantitative estimate of drug-likeness (QED) is 0.362. The normalized spacial score (nSPS) is 26.9. The van der Waals surface area contributed by atoms with E-state index in [0.29, 0.717) is 35.6 Å². The number of anilines is 1. The van der Waals surface area contributed by atoms with E-state index >= 15 is 4.39 Å². The number of carbonyl (C=O) groups is 1. The number of pyridine rings is 1. The lowest BCUT2D eigenvalue weighted by atomic mass is 9.95. The number of benzene rings is 1. The molecule has 11 heteroatoms. The Kier molecular flexibility index (Phi) is 5.42. The molecule has 4 atom stereocenters. The molecule has 1 aromatic heterocycles. The van der Waals surface area contributed by atoms with Crippen molar-refractivity contribution in [2.45, 2.75) is 11.5 Å². The molecule has 1 aliphatic carbocycles. The number of piperidine rings is 1. The van der Waals surface area contributed by atoms with Crippen molar-refractivity contribution in [3.05, 3.63) is 60.4 Å². The van der Waals surface area contributed by atoms with Gasteiger partial charge in [0.25, 0.3) is 0 Å². The topological polar surface area (TPSA) is 149 Å². The fraction of sp³-hybridized carbons (Fsp3) is 0.333. The number of aromatic nitrogens is 1. The number of cyclic esters (lactones) is 1. The summed E-state index contributed by atoms with van der Waals surface area (Å²) in [5.74, 6) is 5.41. The van der Waals surface area contributed by atoms with Crippen LogP contribution in [-0.4, -0.2) is 53.3 Å². The number of rotatable bonds is 6. The van der Waals surface area contributed by atoms with Crippen molar-refractivity contribution in [1.29, 1.82) is 10.5 Å². The molecular weight excluding hydrogens is 451 g/mol. The molecule has 2 saturated heterocycles. The molecule has 1 saturated carbocycles. The van der Waals surface area contributed by atoms with Gasteiger partial charge in [-0.3, -0.25) is 9.88 Å². The van der Waals surface area contributed by atoms with Crippen molar-refractivity contribution in [3.63, 3.8) is 0 Å². The highest BCUT2D eigenvalue weighted by Crippen LogP contribution is 2.62. The summed E-state index contributed by atoms with van der Waals surface area (Å²) in [6, 6.07) is 10.4. The molecule has 178 valence electrons. The zero-order valence-electron chi connectivity index (χ0n) is 18.7. The number of hydrazine groups is 1. The summed E-state index contributed by atoms with van der Waals surface area (Å²) in [5.41, 5.74) is 6.54. The molecule has 35 heavy (non-hydrogen) atoms. The third-order valence-electron chi connectivity index (χ3n) is 7.04. The van der Waals surface area contributed by atoms with Gasteiger partial charge in [-0.05, 0) is 24.3 Å². The van der Waals surface area contributed by atoms with Gasteiger partial charge in [0, 0.05) is 54.6 Å². The first-order valence-electron chi connectivity index (χ1n) is 11.1. The van der Waals surface area contributed by atoms with E-state index < -0.39 is 23.4 Å². The fourth-order valence-corrected chi connectivity index (χ4v) is 5.25. The third kappa shape index (κ3) is 3.66. The van der Waals surface area contributed by atoms with Gasteiger partial charge in [0.15, 0.2) is 6.19 Å². The van der Waals surface area contributed by atoms with Crippen LogP contribution in [0, 0.1) is 40.4 Å². The van der Waals surface area contributed by atoms with E-state index in [1.54, 1.807) is 35.4 Å². The molecule has 1 amide bonds. The Hall–Kier alpha value is -4.35. The lowest BCUT2D eigenvalue weighted by Crippen LogP contribution is -2.36. The van der Waals surface area contributed by atoms with Crippen LogP contribution in [0.3, 0.4) is 0 Å². The van der Waals surface area contributed by atoms with Gasteiger partial charge in [0.2, 0.25) is 0 Å². The van der Waals surface area contributed by atoms with E-state index in [0.717, 1.165) is 0 Å². The van der Waals surface area contributed by atoms with Gasteiger partial charge in [0.05, 0.1) is 30.5 Å². The van der Waals surface area contributed by atoms with Gasteiger partial charge >= 0.3 is 6.09 Å². The van der Waals surface area contributed by atoms with Crippen LogP contribution in [0.15, 0.2) is 48.9 Å². The van der Waals surface area contributed by atoms with Gasteiger partial charge < -0.3 is 20.4 Å². The SMILES string of the molecule is N#CN1C[C@@H]2[C@H](C1)C2(C#N)c1ccc(-c2ccc(N3C[C@H](CN(N)/C=C\N)OC3=O)cc2F)cn1. The minimum Gasteiger partial charge on any atom is -0.442 e. The lowest BCUT2D eigenvalue weighted by Gasteiger charge is -2.18. The summed E-state index contributed by atoms with van der Waals surface area (Å²) < 4.78 is 20.4. The molecule has 5 rings (SSSR count). The fourth-order valence-electron chi connectivity index (χ4n) is 5.25. The van der Waals surface area contributed by atoms with Crippen molar-refractivity contribution >= 4 is 11.8 Å². The predicted molar refractivity (Wildman–Crippen MR) is 123 cm³/mol. The largest absolute Gasteiger partial charge is 0.442 e. The smallest absolute Gasteiger partial charge is 0.414 e. The molecule has 2 aliphatic heterocycles. The van der Waals surface area contributed by atoms with Crippen molar-refractivity contribution in [3.8, 4) is 23.4 Å². The molecule has 10 nitrogen and oxygen atoms in total. The van der Waals surface area contributed by atoms with Gasteiger partial charge in [-0.25, -0.2) is 15.0 Å². The Balaban J connectivity index is 1.30. The summed E-state index contributed by atoms with van der Waals surface area (Å²) >= 11 is 0. The summed E-state index contributed by atoms with van der Waals surface area (Å²) in [5, 5.41) is 20.2. The number of hydrogen-bond acceptors (Lipinski definition) is 9. The molecule has 1 unspecified atom stereocenters. The van der Waals surface area contributed by atoms with Crippen molar-refractivity contribution in [2.75, 3.05) is 31.1 Å². The summed E-state index contributed by atoms with van der Waals surface area (Å²) in [4.78, 5) is 19.8. The zero-order chi connectivity index (χ0) is 24.7. The van der Waals surface area contributed by atoms with E-state index in [4.69, 9.17) is 21.6 Å². The van der Waals surface area contributed by atoms with E-state index in [9.17, 15) is 10.1 Å². The van der Waals surface area contributed by atoms with Crippen LogP contribution in [0.4, 0.5) is 14.9 Å². The first kappa shape index (κ1) is 22.4. The number of hydrogen-bond donors (Lipinski definition) is 2. The second-order valence-corrected chi connectivity index (χ2v) is 8.95. The Bertz CT molecular complexity index is 1260. The van der Waals surface area contributed by atoms with Crippen LogP contribution in [0.1, 0.15) is 5.69 Å².